The van der Waals surface area contributed by atoms with Crippen molar-refractivity contribution < 1.29 is 4.74 Å². The van der Waals surface area contributed by atoms with Crippen LogP contribution in [0.15, 0.2) is 42.6 Å². The van der Waals surface area contributed by atoms with Gasteiger partial charge < -0.3 is 4.74 Å². The molecule has 0 bridgehead atoms. The first-order valence-corrected chi connectivity index (χ1v) is 7.76. The Morgan fingerprint density at radius 1 is 1.24 bits per heavy atom. The molecule has 110 valence electrons. The highest BCUT2D eigenvalue weighted by atomic mass is 35.5. The van der Waals surface area contributed by atoms with Crippen LogP contribution in [0.1, 0.15) is 12.8 Å². The van der Waals surface area contributed by atoms with Crippen LogP contribution in [0.2, 0.25) is 5.02 Å². The Kier molecular flexibility index (Phi) is 4.73. The largest absolute Gasteiger partial charge is 0.493 e. The third-order valence-corrected chi connectivity index (χ3v) is 4.00. The van der Waals surface area contributed by atoms with E-state index in [1.54, 1.807) is 6.20 Å². The van der Waals surface area contributed by atoms with Crippen molar-refractivity contribution in [2.24, 2.45) is 0 Å². The summed E-state index contributed by atoms with van der Waals surface area (Å²) in [7, 11) is 0. The predicted octanol–water partition coefficient (Wildman–Crippen LogP) is 3.92. The van der Waals surface area contributed by atoms with E-state index in [1.807, 2.05) is 24.3 Å². The molecule has 3 nitrogen and oxygen atoms in total. The number of benzene rings is 1. The Morgan fingerprint density at radius 3 is 3.05 bits per heavy atom. The molecule has 0 atom stereocenters. The summed E-state index contributed by atoms with van der Waals surface area (Å²) >= 11 is 6.16. The fourth-order valence-corrected chi connectivity index (χ4v) is 2.81. The maximum absolute atomic E-state index is 6.16. The van der Waals surface area contributed by atoms with Gasteiger partial charge in [-0.15, -0.1) is 0 Å². The van der Waals surface area contributed by atoms with Gasteiger partial charge in [-0.25, -0.2) is 0 Å². The van der Waals surface area contributed by atoms with Crippen LogP contribution in [0.5, 0.6) is 5.75 Å². The van der Waals surface area contributed by atoms with Crippen molar-refractivity contribution in [3.05, 3.63) is 47.6 Å². The second kappa shape index (κ2) is 6.92. The lowest BCUT2D eigenvalue weighted by Gasteiger charge is -2.22. The molecule has 0 fully saturated rings. The lowest BCUT2D eigenvalue weighted by Crippen LogP contribution is -2.29. The highest BCUT2D eigenvalue weighted by Crippen LogP contribution is 2.29. The molecule has 0 unspecified atom stereocenters. The monoisotopic (exact) mass is 302 g/mol. The maximum atomic E-state index is 6.16. The molecule has 2 aromatic rings. The van der Waals surface area contributed by atoms with Gasteiger partial charge in [-0.05, 0) is 37.1 Å². The van der Waals surface area contributed by atoms with Crippen LogP contribution in [0, 0.1) is 0 Å². The minimum Gasteiger partial charge on any atom is -0.493 e. The van der Waals surface area contributed by atoms with Gasteiger partial charge in [-0.3, -0.25) is 9.88 Å². The van der Waals surface area contributed by atoms with E-state index in [0.29, 0.717) is 11.6 Å². The highest BCUT2D eigenvalue weighted by molar-refractivity contribution is 6.35. The minimum atomic E-state index is 0.665. The lowest BCUT2D eigenvalue weighted by atomic mass is 10.2. The molecule has 0 saturated heterocycles. The third kappa shape index (κ3) is 3.55. The number of halogens is 1. The standard InChI is InChI=1S/C17H19ClN2O/c18-15-7-8-16(14-6-4-9-19-17(14)15)21-13-5-12-20-10-2-1-3-11-20/h1-2,4,6-9H,3,5,10-13H2. The molecule has 1 aliphatic rings. The van der Waals surface area contributed by atoms with Crippen molar-refractivity contribution in [3.63, 3.8) is 0 Å². The maximum Gasteiger partial charge on any atom is 0.128 e. The molecule has 1 aliphatic heterocycles. The van der Waals surface area contributed by atoms with Crippen molar-refractivity contribution in [1.29, 1.82) is 0 Å². The Labute approximate surface area is 130 Å². The number of rotatable bonds is 5. The zero-order valence-corrected chi connectivity index (χ0v) is 12.7. The van der Waals surface area contributed by atoms with E-state index >= 15 is 0 Å². The first-order valence-electron chi connectivity index (χ1n) is 7.38. The second-order valence-electron chi connectivity index (χ2n) is 5.21. The summed E-state index contributed by atoms with van der Waals surface area (Å²) in [6.45, 7) is 4.01. The van der Waals surface area contributed by atoms with Gasteiger partial charge in [0.15, 0.2) is 0 Å². The highest BCUT2D eigenvalue weighted by Gasteiger charge is 2.08. The first-order chi connectivity index (χ1) is 10.3. The molecule has 0 N–H and O–H groups in total. The van der Waals surface area contributed by atoms with Crippen LogP contribution in [0.4, 0.5) is 0 Å². The van der Waals surface area contributed by atoms with Crippen molar-refractivity contribution in [3.8, 4) is 5.75 Å². The Morgan fingerprint density at radius 2 is 2.19 bits per heavy atom. The number of aromatic nitrogens is 1. The van der Waals surface area contributed by atoms with E-state index in [9.17, 15) is 0 Å². The van der Waals surface area contributed by atoms with Gasteiger partial charge in [0.05, 0.1) is 17.1 Å². The molecular formula is C17H19ClN2O. The first kappa shape index (κ1) is 14.4. The molecule has 1 aromatic heterocycles. The fourth-order valence-electron chi connectivity index (χ4n) is 2.60. The summed E-state index contributed by atoms with van der Waals surface area (Å²) in [6, 6.07) is 7.68. The molecule has 2 heterocycles. The van der Waals surface area contributed by atoms with Crippen LogP contribution < -0.4 is 4.74 Å². The lowest BCUT2D eigenvalue weighted by molar-refractivity contribution is 0.248. The number of nitrogens with zero attached hydrogens (tertiary/aromatic N) is 2. The molecule has 21 heavy (non-hydrogen) atoms. The Bertz CT molecular complexity index is 642. The number of ether oxygens (including phenoxy) is 1. The molecule has 1 aromatic carbocycles. The van der Waals surface area contributed by atoms with Crippen molar-refractivity contribution in [2.75, 3.05) is 26.2 Å². The summed E-state index contributed by atoms with van der Waals surface area (Å²) in [6.07, 6.45) is 8.43. The third-order valence-electron chi connectivity index (χ3n) is 3.70. The van der Waals surface area contributed by atoms with Crippen LogP contribution in [-0.4, -0.2) is 36.1 Å². The molecule has 0 spiro atoms. The van der Waals surface area contributed by atoms with E-state index in [4.69, 9.17) is 16.3 Å². The number of fused-ring (bicyclic) bond motifs is 1. The summed E-state index contributed by atoms with van der Waals surface area (Å²) in [5.41, 5.74) is 0.804. The summed E-state index contributed by atoms with van der Waals surface area (Å²) in [5.74, 6) is 0.862. The van der Waals surface area contributed by atoms with Crippen molar-refractivity contribution in [2.45, 2.75) is 12.8 Å². The van der Waals surface area contributed by atoms with E-state index in [-0.39, 0.29) is 0 Å². The van der Waals surface area contributed by atoms with E-state index in [1.165, 1.54) is 0 Å². The van der Waals surface area contributed by atoms with Crippen LogP contribution in [0.25, 0.3) is 10.9 Å². The molecule has 3 rings (SSSR count). The Balaban J connectivity index is 1.58. The van der Waals surface area contributed by atoms with Crippen LogP contribution in [-0.2, 0) is 0 Å². The van der Waals surface area contributed by atoms with E-state index in [0.717, 1.165) is 49.1 Å². The number of hydrogen-bond acceptors (Lipinski definition) is 3. The smallest absolute Gasteiger partial charge is 0.128 e. The average molecular weight is 303 g/mol. The Hall–Kier alpha value is -1.58. The van der Waals surface area contributed by atoms with E-state index in [2.05, 4.69) is 22.0 Å². The van der Waals surface area contributed by atoms with Gasteiger partial charge in [-0.2, -0.15) is 0 Å². The molecule has 0 aliphatic carbocycles. The molecule has 4 heteroatoms. The van der Waals surface area contributed by atoms with Crippen molar-refractivity contribution in [1.82, 2.24) is 9.88 Å². The van der Waals surface area contributed by atoms with Crippen LogP contribution in [0.3, 0.4) is 0 Å². The van der Waals surface area contributed by atoms with Crippen LogP contribution >= 0.6 is 11.6 Å². The van der Waals surface area contributed by atoms with Gasteiger partial charge in [0.25, 0.3) is 0 Å². The summed E-state index contributed by atoms with van der Waals surface area (Å²) in [5, 5.41) is 1.64. The zero-order valence-electron chi connectivity index (χ0n) is 12.0. The van der Waals surface area contributed by atoms with Gasteiger partial charge in [0.1, 0.15) is 5.75 Å². The average Bonchev–Trinajstić information content (AvgIpc) is 2.55. The minimum absolute atomic E-state index is 0.665. The fraction of sp³-hybridized carbons (Fsp3) is 0.353. The summed E-state index contributed by atoms with van der Waals surface area (Å²) in [4.78, 5) is 6.76. The van der Waals surface area contributed by atoms with Gasteiger partial charge in [0.2, 0.25) is 0 Å². The van der Waals surface area contributed by atoms with E-state index < -0.39 is 0 Å². The number of pyridine rings is 1. The molecule has 0 saturated carbocycles. The van der Waals surface area contributed by atoms with Gasteiger partial charge in [-0.1, -0.05) is 23.8 Å². The topological polar surface area (TPSA) is 25.4 Å². The molecule has 0 amide bonds. The molecule has 0 radical (unpaired) electrons. The molecular weight excluding hydrogens is 284 g/mol. The van der Waals surface area contributed by atoms with Gasteiger partial charge >= 0.3 is 0 Å². The second-order valence-corrected chi connectivity index (χ2v) is 5.61. The predicted molar refractivity (Wildman–Crippen MR) is 87.1 cm³/mol. The quantitative estimate of drug-likeness (QED) is 0.618. The zero-order chi connectivity index (χ0) is 14.5. The summed E-state index contributed by atoms with van der Waals surface area (Å²) < 4.78 is 5.92. The normalized spacial score (nSPS) is 15.5. The SMILES string of the molecule is Clc1ccc(OCCCN2CC=CCC2)c2cccnc12. The number of hydrogen-bond donors (Lipinski definition) is 0. The van der Waals surface area contributed by atoms with Crippen molar-refractivity contribution >= 4 is 22.5 Å². The van der Waals surface area contributed by atoms with Gasteiger partial charge in [0, 0.05) is 31.2 Å².